The summed E-state index contributed by atoms with van der Waals surface area (Å²) in [6, 6.07) is 0. The maximum Gasteiger partial charge on any atom is 0.348 e. The maximum absolute atomic E-state index is 5.60. The van der Waals surface area contributed by atoms with E-state index in [-0.39, 0.29) is 0 Å². The van der Waals surface area contributed by atoms with Gasteiger partial charge in [0, 0.05) is 18.5 Å². The van der Waals surface area contributed by atoms with Crippen molar-refractivity contribution in [1.29, 1.82) is 0 Å². The van der Waals surface area contributed by atoms with E-state index in [2.05, 4.69) is 41.6 Å². The van der Waals surface area contributed by atoms with Gasteiger partial charge in [0.25, 0.3) is 0 Å². The van der Waals surface area contributed by atoms with Gasteiger partial charge in [0.2, 0.25) is 0 Å². The van der Waals surface area contributed by atoms with E-state index in [1.807, 2.05) is 0 Å². The Bertz CT molecular complexity index is 123. The molecule has 0 atom stereocenters. The molecule has 0 aliphatic carbocycles. The van der Waals surface area contributed by atoms with E-state index in [0.29, 0.717) is 0 Å². The highest BCUT2D eigenvalue weighted by molar-refractivity contribution is 9.09. The Hall–Kier alpha value is 0.357. The van der Waals surface area contributed by atoms with Gasteiger partial charge in [-0.1, -0.05) is 35.9 Å². The molecule has 0 radical (unpaired) electrons. The van der Waals surface area contributed by atoms with Crippen LogP contribution in [-0.4, -0.2) is 27.8 Å². The summed E-state index contributed by atoms with van der Waals surface area (Å²) in [5, 5.41) is 0.876. The Kier molecular flexibility index (Phi) is 10.7. The van der Waals surface area contributed by atoms with Crippen molar-refractivity contribution >= 4 is 25.2 Å². The van der Waals surface area contributed by atoms with Crippen molar-refractivity contribution in [3.8, 4) is 0 Å². The SMILES string of the molecule is CCCO[SiH](C=CCBr)OCCC. The van der Waals surface area contributed by atoms with Crippen molar-refractivity contribution in [3.63, 3.8) is 0 Å². The van der Waals surface area contributed by atoms with Crippen LogP contribution < -0.4 is 0 Å². The smallest absolute Gasteiger partial charge is 0.348 e. The van der Waals surface area contributed by atoms with E-state index >= 15 is 0 Å². The summed E-state index contributed by atoms with van der Waals surface area (Å²) in [5.74, 6) is 0. The van der Waals surface area contributed by atoms with Gasteiger partial charge in [-0.2, -0.15) is 0 Å². The minimum absolute atomic E-state index is 0.813. The molecule has 0 amide bonds. The molecule has 2 nitrogen and oxygen atoms in total. The zero-order chi connectivity index (χ0) is 9.94. The molecule has 0 heterocycles. The van der Waals surface area contributed by atoms with Gasteiger partial charge in [0.15, 0.2) is 0 Å². The Morgan fingerprint density at radius 1 is 1.15 bits per heavy atom. The van der Waals surface area contributed by atoms with Gasteiger partial charge in [-0.05, 0) is 18.5 Å². The van der Waals surface area contributed by atoms with Crippen molar-refractivity contribution in [2.24, 2.45) is 0 Å². The van der Waals surface area contributed by atoms with Crippen LogP contribution in [0.1, 0.15) is 26.7 Å². The van der Waals surface area contributed by atoms with Crippen LogP contribution in [-0.2, 0) is 8.85 Å². The van der Waals surface area contributed by atoms with Gasteiger partial charge in [0.1, 0.15) is 0 Å². The van der Waals surface area contributed by atoms with Crippen LogP contribution in [0.2, 0.25) is 0 Å². The van der Waals surface area contributed by atoms with E-state index in [1.54, 1.807) is 0 Å². The largest absolute Gasteiger partial charge is 0.394 e. The van der Waals surface area contributed by atoms with Crippen LogP contribution >= 0.6 is 15.9 Å². The van der Waals surface area contributed by atoms with Crippen molar-refractivity contribution in [3.05, 3.63) is 11.8 Å². The first-order valence-corrected chi connectivity index (χ1v) is 7.54. The second kappa shape index (κ2) is 10.4. The molecule has 0 bridgehead atoms. The fourth-order valence-corrected chi connectivity index (χ4v) is 3.02. The Labute approximate surface area is 91.3 Å². The first kappa shape index (κ1) is 13.4. The molecule has 0 aromatic rings. The molecule has 0 saturated carbocycles. The maximum atomic E-state index is 5.60. The molecule has 13 heavy (non-hydrogen) atoms. The number of alkyl halides is 1. The van der Waals surface area contributed by atoms with Crippen molar-refractivity contribution in [2.75, 3.05) is 18.5 Å². The van der Waals surface area contributed by atoms with Gasteiger partial charge in [-0.15, -0.1) is 0 Å². The Morgan fingerprint density at radius 2 is 1.69 bits per heavy atom. The minimum Gasteiger partial charge on any atom is -0.394 e. The molecule has 0 aliphatic heterocycles. The normalized spacial score (nSPS) is 11.7. The quantitative estimate of drug-likeness (QED) is 0.497. The summed E-state index contributed by atoms with van der Waals surface area (Å²) in [4.78, 5) is 0. The monoisotopic (exact) mass is 266 g/mol. The number of hydrogen-bond donors (Lipinski definition) is 0. The van der Waals surface area contributed by atoms with E-state index in [9.17, 15) is 0 Å². The van der Waals surface area contributed by atoms with E-state index in [1.165, 1.54) is 0 Å². The summed E-state index contributed by atoms with van der Waals surface area (Å²) < 4.78 is 11.2. The second-order valence-corrected chi connectivity index (χ2v) is 5.13. The van der Waals surface area contributed by atoms with E-state index in [0.717, 1.165) is 31.4 Å². The minimum atomic E-state index is -1.50. The molecular formula is C9H19BrO2Si. The van der Waals surface area contributed by atoms with Crippen LogP contribution in [0.15, 0.2) is 11.8 Å². The molecule has 0 aromatic carbocycles. The number of halogens is 1. The molecule has 0 aromatic heterocycles. The molecule has 4 heteroatoms. The third kappa shape index (κ3) is 8.68. The zero-order valence-electron chi connectivity index (χ0n) is 8.46. The van der Waals surface area contributed by atoms with Crippen LogP contribution in [0, 0.1) is 0 Å². The molecule has 0 unspecified atom stereocenters. The Balaban J connectivity index is 3.66. The van der Waals surface area contributed by atoms with Crippen LogP contribution in [0.25, 0.3) is 0 Å². The predicted molar refractivity (Wildman–Crippen MR) is 62.6 cm³/mol. The number of hydrogen-bond acceptors (Lipinski definition) is 2. The molecule has 0 N–H and O–H groups in total. The fourth-order valence-electron chi connectivity index (χ4n) is 0.790. The highest BCUT2D eigenvalue weighted by Gasteiger charge is 2.07. The number of allylic oxidation sites excluding steroid dienone is 1. The highest BCUT2D eigenvalue weighted by atomic mass is 79.9. The second-order valence-electron chi connectivity index (χ2n) is 2.69. The molecule has 0 spiro atoms. The lowest BCUT2D eigenvalue weighted by atomic mass is 10.5. The average Bonchev–Trinajstić information content (AvgIpc) is 2.17. The predicted octanol–water partition coefficient (Wildman–Crippen LogP) is 2.55. The first-order chi connectivity index (χ1) is 6.35. The molecule has 78 valence electrons. The standard InChI is InChI=1S/C9H19BrO2Si/c1-3-7-11-13(9-5-6-10)12-8-4-2/h5,9,13H,3-4,6-8H2,1-2H3. The summed E-state index contributed by atoms with van der Waals surface area (Å²) in [5.41, 5.74) is 2.08. The molecule has 0 rings (SSSR count). The lowest BCUT2D eigenvalue weighted by Gasteiger charge is -2.11. The third-order valence-corrected chi connectivity index (χ3v) is 3.44. The van der Waals surface area contributed by atoms with Crippen molar-refractivity contribution in [1.82, 2.24) is 0 Å². The summed E-state index contributed by atoms with van der Waals surface area (Å²) in [7, 11) is -1.50. The summed E-state index contributed by atoms with van der Waals surface area (Å²) in [6.45, 7) is 5.85. The third-order valence-electron chi connectivity index (χ3n) is 1.35. The summed E-state index contributed by atoms with van der Waals surface area (Å²) in [6.07, 6.45) is 4.17. The lowest BCUT2D eigenvalue weighted by molar-refractivity contribution is 0.206. The van der Waals surface area contributed by atoms with Gasteiger partial charge < -0.3 is 8.85 Å². The van der Waals surface area contributed by atoms with Gasteiger partial charge in [-0.3, -0.25) is 0 Å². The highest BCUT2D eigenvalue weighted by Crippen LogP contribution is 1.96. The van der Waals surface area contributed by atoms with Crippen molar-refractivity contribution < 1.29 is 8.85 Å². The average molecular weight is 267 g/mol. The van der Waals surface area contributed by atoms with Crippen LogP contribution in [0.4, 0.5) is 0 Å². The first-order valence-electron chi connectivity index (χ1n) is 4.81. The topological polar surface area (TPSA) is 18.5 Å². The van der Waals surface area contributed by atoms with Gasteiger partial charge in [0.05, 0.1) is 0 Å². The lowest BCUT2D eigenvalue weighted by Crippen LogP contribution is -2.21. The molecule has 0 aliphatic rings. The Morgan fingerprint density at radius 3 is 2.08 bits per heavy atom. The fraction of sp³-hybridized carbons (Fsp3) is 0.778. The van der Waals surface area contributed by atoms with Crippen LogP contribution in [0.3, 0.4) is 0 Å². The molecular weight excluding hydrogens is 248 g/mol. The zero-order valence-corrected chi connectivity index (χ0v) is 11.2. The van der Waals surface area contributed by atoms with Gasteiger partial charge >= 0.3 is 9.28 Å². The number of rotatable bonds is 8. The van der Waals surface area contributed by atoms with Crippen LogP contribution in [0.5, 0.6) is 0 Å². The van der Waals surface area contributed by atoms with Crippen molar-refractivity contribution in [2.45, 2.75) is 26.7 Å². The molecule has 0 fully saturated rings. The summed E-state index contributed by atoms with van der Waals surface area (Å²) >= 11 is 3.34. The van der Waals surface area contributed by atoms with E-state index in [4.69, 9.17) is 8.85 Å². The molecule has 0 saturated heterocycles. The van der Waals surface area contributed by atoms with E-state index < -0.39 is 9.28 Å². The van der Waals surface area contributed by atoms with Gasteiger partial charge in [-0.25, -0.2) is 0 Å².